The number of para-hydroxylation sites is 1. The van der Waals surface area contributed by atoms with Crippen molar-refractivity contribution in [2.24, 2.45) is 0 Å². The second-order valence-electron chi connectivity index (χ2n) is 9.33. The van der Waals surface area contributed by atoms with E-state index in [9.17, 15) is 4.79 Å². The lowest BCUT2D eigenvalue weighted by Gasteiger charge is -2.41. The Morgan fingerprint density at radius 2 is 1.77 bits per heavy atom. The van der Waals surface area contributed by atoms with Crippen LogP contribution in [-0.4, -0.2) is 17.6 Å². The van der Waals surface area contributed by atoms with Gasteiger partial charge in [-0.3, -0.25) is 4.79 Å². The van der Waals surface area contributed by atoms with Gasteiger partial charge in [-0.05, 0) is 48.9 Å². The molecule has 4 heteroatoms. The molecule has 1 amide bonds. The Balaban J connectivity index is 1.71. The Hall–Kier alpha value is -2.49. The molecule has 4 nitrogen and oxygen atoms in total. The van der Waals surface area contributed by atoms with Crippen molar-refractivity contribution < 1.29 is 14.3 Å². The first-order chi connectivity index (χ1) is 14.2. The zero-order chi connectivity index (χ0) is 21.9. The number of benzene rings is 2. The third-order valence-corrected chi connectivity index (χ3v) is 6.20. The lowest BCUT2D eigenvalue weighted by atomic mass is 9.83. The molecule has 2 atom stereocenters. The number of fused-ring (bicyclic) bond motifs is 1. The molecule has 1 N–H and O–H groups in total. The van der Waals surface area contributed by atoms with Crippen LogP contribution in [0.1, 0.15) is 78.0 Å². The molecule has 2 aromatic carbocycles. The maximum Gasteiger partial charge on any atom is 0.261 e. The molecule has 0 saturated carbocycles. The smallest absolute Gasteiger partial charge is 0.261 e. The summed E-state index contributed by atoms with van der Waals surface area (Å²) in [6, 6.07) is 15.9. The lowest BCUT2D eigenvalue weighted by Crippen LogP contribution is -2.46. The molecule has 0 aliphatic carbocycles. The molecule has 0 aromatic heterocycles. The number of amides is 1. The van der Waals surface area contributed by atoms with Gasteiger partial charge >= 0.3 is 0 Å². The van der Waals surface area contributed by atoms with E-state index in [4.69, 9.17) is 9.47 Å². The summed E-state index contributed by atoms with van der Waals surface area (Å²) >= 11 is 0. The number of hydrogen-bond acceptors (Lipinski definition) is 3. The molecular weight excluding hydrogens is 374 g/mol. The first-order valence-electron chi connectivity index (χ1n) is 11.0. The summed E-state index contributed by atoms with van der Waals surface area (Å²) < 4.78 is 12.3. The maximum atomic E-state index is 13.0. The second kappa shape index (κ2) is 8.71. The quantitative estimate of drug-likeness (QED) is 0.641. The van der Waals surface area contributed by atoms with E-state index in [1.165, 1.54) is 5.56 Å². The summed E-state index contributed by atoms with van der Waals surface area (Å²) in [4.78, 5) is 13.0. The summed E-state index contributed by atoms with van der Waals surface area (Å²) in [6.07, 6.45) is 1.97. The van der Waals surface area contributed by atoms with E-state index in [1.807, 2.05) is 36.4 Å². The van der Waals surface area contributed by atoms with Crippen molar-refractivity contribution in [3.05, 3.63) is 59.7 Å². The van der Waals surface area contributed by atoms with Crippen LogP contribution in [-0.2, 0) is 10.2 Å². The van der Waals surface area contributed by atoms with Crippen molar-refractivity contribution in [3.63, 3.8) is 0 Å². The summed E-state index contributed by atoms with van der Waals surface area (Å²) in [5.74, 6) is 1.45. The molecule has 2 aromatic rings. The van der Waals surface area contributed by atoms with Gasteiger partial charge in [-0.15, -0.1) is 0 Å². The van der Waals surface area contributed by atoms with Crippen molar-refractivity contribution in [1.82, 2.24) is 5.32 Å². The van der Waals surface area contributed by atoms with Gasteiger partial charge in [0, 0.05) is 12.0 Å². The van der Waals surface area contributed by atoms with Gasteiger partial charge in [0.2, 0.25) is 0 Å². The van der Waals surface area contributed by atoms with Gasteiger partial charge in [-0.1, -0.05) is 65.0 Å². The Morgan fingerprint density at radius 3 is 2.37 bits per heavy atom. The first kappa shape index (κ1) is 22.2. The van der Waals surface area contributed by atoms with Gasteiger partial charge < -0.3 is 14.8 Å². The predicted molar refractivity (Wildman–Crippen MR) is 121 cm³/mol. The molecule has 1 aliphatic heterocycles. The van der Waals surface area contributed by atoms with Crippen LogP contribution in [0.15, 0.2) is 48.5 Å². The summed E-state index contributed by atoms with van der Waals surface area (Å²) in [7, 11) is 0. The van der Waals surface area contributed by atoms with Crippen LogP contribution in [0.4, 0.5) is 0 Å². The van der Waals surface area contributed by atoms with Crippen molar-refractivity contribution >= 4 is 5.91 Å². The molecule has 0 spiro atoms. The van der Waals surface area contributed by atoms with E-state index in [-0.39, 0.29) is 23.0 Å². The molecule has 0 saturated heterocycles. The molecule has 0 unspecified atom stereocenters. The summed E-state index contributed by atoms with van der Waals surface area (Å²) in [5.41, 5.74) is 2.11. The van der Waals surface area contributed by atoms with Crippen LogP contribution in [0.3, 0.4) is 0 Å². The third-order valence-electron chi connectivity index (χ3n) is 6.20. The van der Waals surface area contributed by atoms with Crippen molar-refractivity contribution in [1.29, 1.82) is 0 Å². The van der Waals surface area contributed by atoms with Gasteiger partial charge in [0.15, 0.2) is 6.10 Å². The molecule has 0 radical (unpaired) electrons. The number of nitrogens with one attached hydrogen (secondary N) is 1. The zero-order valence-electron chi connectivity index (χ0n) is 19.1. The minimum atomic E-state index is -0.585. The molecule has 162 valence electrons. The highest BCUT2D eigenvalue weighted by Crippen LogP contribution is 2.42. The number of rotatable bonds is 6. The van der Waals surface area contributed by atoms with Crippen molar-refractivity contribution in [2.45, 2.75) is 84.0 Å². The molecule has 0 fully saturated rings. The van der Waals surface area contributed by atoms with E-state index >= 15 is 0 Å². The van der Waals surface area contributed by atoms with E-state index in [0.717, 1.165) is 30.6 Å². The van der Waals surface area contributed by atoms with Gasteiger partial charge in [-0.25, -0.2) is 0 Å². The van der Waals surface area contributed by atoms with E-state index in [2.05, 4.69) is 52.1 Å². The van der Waals surface area contributed by atoms with E-state index < -0.39 is 6.10 Å². The normalized spacial score (nSPS) is 18.7. The average molecular weight is 410 g/mol. The molecule has 3 rings (SSSR count). The highest BCUT2D eigenvalue weighted by Gasteiger charge is 2.39. The Bertz CT molecular complexity index is 863. The van der Waals surface area contributed by atoms with Crippen LogP contribution < -0.4 is 14.8 Å². The minimum Gasteiger partial charge on any atom is -0.487 e. The lowest BCUT2D eigenvalue weighted by molar-refractivity contribution is -0.128. The summed E-state index contributed by atoms with van der Waals surface area (Å²) in [6.45, 7) is 12.6. The third kappa shape index (κ3) is 4.80. The maximum absolute atomic E-state index is 13.0. The van der Waals surface area contributed by atoms with Gasteiger partial charge in [0.05, 0.1) is 6.04 Å². The number of hydrogen-bond donors (Lipinski definition) is 1. The van der Waals surface area contributed by atoms with Crippen molar-refractivity contribution in [3.8, 4) is 11.5 Å². The Kier molecular flexibility index (Phi) is 6.44. The summed E-state index contributed by atoms with van der Waals surface area (Å²) in [5, 5.41) is 3.21. The van der Waals surface area contributed by atoms with Crippen LogP contribution >= 0.6 is 0 Å². The Morgan fingerprint density at radius 1 is 1.13 bits per heavy atom. The van der Waals surface area contributed by atoms with Crippen LogP contribution in [0.25, 0.3) is 0 Å². The van der Waals surface area contributed by atoms with E-state index in [1.54, 1.807) is 6.92 Å². The van der Waals surface area contributed by atoms with E-state index in [0.29, 0.717) is 5.75 Å². The van der Waals surface area contributed by atoms with Crippen LogP contribution in [0.2, 0.25) is 0 Å². The van der Waals surface area contributed by atoms with Gasteiger partial charge in [0.1, 0.15) is 17.1 Å². The first-order valence-corrected chi connectivity index (χ1v) is 11.0. The van der Waals surface area contributed by atoms with Crippen LogP contribution in [0.5, 0.6) is 11.5 Å². The Labute approximate surface area is 181 Å². The largest absolute Gasteiger partial charge is 0.487 e. The predicted octanol–water partition coefficient (Wildman–Crippen LogP) is 5.95. The highest BCUT2D eigenvalue weighted by molar-refractivity contribution is 5.81. The SMILES string of the molecule is CCC1(CC)C[C@H](NC(=O)[C@H](C)Oc2ccc(C(C)(C)C)cc2)c2ccccc2O1. The standard InChI is InChI=1S/C26H35NO3/c1-7-26(8-2)17-22(21-11-9-10-12-23(21)30-26)27-24(28)18(3)29-20-15-13-19(14-16-20)25(4,5)6/h9-16,18,22H,7-8,17H2,1-6H3,(H,27,28)/t18-,22-/m0/s1. The topological polar surface area (TPSA) is 47.6 Å². The number of ether oxygens (including phenoxy) is 2. The van der Waals surface area contributed by atoms with Gasteiger partial charge in [0.25, 0.3) is 5.91 Å². The molecule has 1 heterocycles. The van der Waals surface area contributed by atoms with Crippen LogP contribution in [0, 0.1) is 0 Å². The molecule has 1 aliphatic rings. The highest BCUT2D eigenvalue weighted by atomic mass is 16.5. The monoisotopic (exact) mass is 409 g/mol. The zero-order valence-corrected chi connectivity index (χ0v) is 19.1. The average Bonchev–Trinajstić information content (AvgIpc) is 2.73. The molecule has 0 bridgehead atoms. The molecule has 30 heavy (non-hydrogen) atoms. The molecular formula is C26H35NO3. The number of carbonyl (C=O) groups is 1. The second-order valence-corrected chi connectivity index (χ2v) is 9.33. The minimum absolute atomic E-state index is 0.0863. The van der Waals surface area contributed by atoms with Crippen molar-refractivity contribution in [2.75, 3.05) is 0 Å². The van der Waals surface area contributed by atoms with Gasteiger partial charge in [-0.2, -0.15) is 0 Å². The number of carbonyl (C=O) groups excluding carboxylic acids is 1. The fourth-order valence-corrected chi connectivity index (χ4v) is 4.01. The fraction of sp³-hybridized carbons (Fsp3) is 0.500. The fourth-order valence-electron chi connectivity index (χ4n) is 4.01.